The summed E-state index contributed by atoms with van der Waals surface area (Å²) >= 11 is 3.13. The summed E-state index contributed by atoms with van der Waals surface area (Å²) in [5.74, 6) is -0.0728. The number of aryl methyl sites for hydroxylation is 1. The van der Waals surface area contributed by atoms with Crippen molar-refractivity contribution in [3.8, 4) is 0 Å². The molecule has 1 amide bonds. The molecule has 1 saturated heterocycles. The Morgan fingerprint density at radius 3 is 2.27 bits per heavy atom. The van der Waals surface area contributed by atoms with E-state index >= 15 is 0 Å². The highest BCUT2D eigenvalue weighted by Crippen LogP contribution is 2.53. The van der Waals surface area contributed by atoms with E-state index < -0.39 is 30.3 Å². The number of hydrogen-bond donors (Lipinski definition) is 0. The zero-order valence-electron chi connectivity index (χ0n) is 18.4. The van der Waals surface area contributed by atoms with Crippen LogP contribution >= 0.6 is 15.9 Å². The first kappa shape index (κ1) is 27.7. The number of alkyl halides is 7. The quantitative estimate of drug-likeness (QED) is 0.260. The maximum Gasteiger partial charge on any atom is 0.430 e. The van der Waals surface area contributed by atoms with Gasteiger partial charge in [-0.3, -0.25) is 4.79 Å². The van der Waals surface area contributed by atoms with Crippen molar-refractivity contribution in [3.63, 3.8) is 0 Å². The Hall–Kier alpha value is -1.53. The molecule has 1 fully saturated rings. The van der Waals surface area contributed by atoms with Crippen molar-refractivity contribution < 1.29 is 40.6 Å². The Morgan fingerprint density at radius 2 is 1.73 bits per heavy atom. The highest BCUT2D eigenvalue weighted by Gasteiger charge is 2.73. The lowest BCUT2D eigenvalue weighted by molar-refractivity contribution is -0.400. The van der Waals surface area contributed by atoms with Crippen LogP contribution in [0.2, 0.25) is 0 Å². The molecule has 33 heavy (non-hydrogen) atoms. The van der Waals surface area contributed by atoms with Gasteiger partial charge in [0.2, 0.25) is 5.91 Å². The van der Waals surface area contributed by atoms with Gasteiger partial charge >= 0.3 is 12.4 Å². The SMILES string of the molecule is CCCc1cc(C(OCOC)(C(F)(F)F)C(F)(F)F)ccc1N1CCCN(C(=O)CBr)CC1. The van der Waals surface area contributed by atoms with Gasteiger partial charge in [0.15, 0.2) is 0 Å². The van der Waals surface area contributed by atoms with E-state index in [2.05, 4.69) is 25.4 Å². The van der Waals surface area contributed by atoms with Gasteiger partial charge in [-0.2, -0.15) is 26.3 Å². The molecule has 0 saturated carbocycles. The van der Waals surface area contributed by atoms with Crippen LogP contribution in [0.5, 0.6) is 0 Å². The minimum atomic E-state index is -5.77. The monoisotopic (exact) mass is 548 g/mol. The van der Waals surface area contributed by atoms with E-state index in [1.165, 1.54) is 6.07 Å². The summed E-state index contributed by atoms with van der Waals surface area (Å²) in [6, 6.07) is 3.03. The molecule has 0 spiro atoms. The van der Waals surface area contributed by atoms with Gasteiger partial charge in [-0.25, -0.2) is 0 Å². The number of amides is 1. The number of carbonyl (C=O) groups is 1. The smallest absolute Gasteiger partial charge is 0.369 e. The van der Waals surface area contributed by atoms with Crippen LogP contribution in [-0.4, -0.2) is 68.6 Å². The van der Waals surface area contributed by atoms with Crippen molar-refractivity contribution in [2.45, 2.75) is 44.1 Å². The number of halogens is 7. The van der Waals surface area contributed by atoms with Crippen LogP contribution in [0.4, 0.5) is 32.0 Å². The Balaban J connectivity index is 2.52. The Labute approximate surface area is 197 Å². The van der Waals surface area contributed by atoms with Gasteiger partial charge in [0, 0.05) is 44.5 Å². The van der Waals surface area contributed by atoms with Gasteiger partial charge in [-0.05, 0) is 24.5 Å². The summed E-state index contributed by atoms with van der Waals surface area (Å²) in [4.78, 5) is 15.6. The number of hydrogen-bond acceptors (Lipinski definition) is 4. The maximum atomic E-state index is 13.9. The highest BCUT2D eigenvalue weighted by atomic mass is 79.9. The average molecular weight is 549 g/mol. The Bertz CT molecular complexity index is 789. The van der Waals surface area contributed by atoms with Gasteiger partial charge in [0.05, 0.1) is 5.33 Å². The number of anilines is 1. The second kappa shape index (κ2) is 11.3. The van der Waals surface area contributed by atoms with Gasteiger partial charge in [-0.15, -0.1) is 0 Å². The molecule has 0 atom stereocenters. The summed E-state index contributed by atoms with van der Waals surface area (Å²) in [5, 5.41) is 0.182. The minimum Gasteiger partial charge on any atom is -0.369 e. The van der Waals surface area contributed by atoms with Crippen LogP contribution in [0.25, 0.3) is 0 Å². The van der Waals surface area contributed by atoms with E-state index in [0.29, 0.717) is 50.3 Å². The van der Waals surface area contributed by atoms with E-state index in [1.54, 1.807) is 11.8 Å². The normalized spacial score (nSPS) is 16.2. The van der Waals surface area contributed by atoms with Crippen LogP contribution in [-0.2, 0) is 26.3 Å². The third-order valence-corrected chi connectivity index (χ3v) is 5.98. The molecule has 12 heteroatoms. The van der Waals surface area contributed by atoms with Gasteiger partial charge in [-0.1, -0.05) is 41.4 Å². The van der Waals surface area contributed by atoms with Gasteiger partial charge in [0.25, 0.3) is 5.60 Å². The fourth-order valence-electron chi connectivity index (χ4n) is 3.96. The number of methoxy groups -OCH3 is 1. The van der Waals surface area contributed by atoms with Crippen molar-refractivity contribution in [2.24, 2.45) is 0 Å². The summed E-state index contributed by atoms with van der Waals surface area (Å²) in [7, 11) is 0.950. The number of ether oxygens (including phenoxy) is 2. The molecule has 5 nitrogen and oxygen atoms in total. The van der Waals surface area contributed by atoms with Crippen LogP contribution in [0.3, 0.4) is 0 Å². The molecule has 1 aliphatic heterocycles. The Morgan fingerprint density at radius 1 is 1.06 bits per heavy atom. The van der Waals surface area contributed by atoms with E-state index in [-0.39, 0.29) is 17.7 Å². The highest BCUT2D eigenvalue weighted by molar-refractivity contribution is 9.09. The third-order valence-electron chi connectivity index (χ3n) is 5.50. The third kappa shape index (κ3) is 5.94. The zero-order valence-corrected chi connectivity index (χ0v) is 19.9. The van der Waals surface area contributed by atoms with Crippen LogP contribution in [0.15, 0.2) is 18.2 Å². The molecule has 1 aromatic carbocycles. The van der Waals surface area contributed by atoms with Crippen molar-refractivity contribution in [2.75, 3.05) is 50.3 Å². The lowest BCUT2D eigenvalue weighted by atomic mass is 9.89. The molecule has 188 valence electrons. The van der Waals surface area contributed by atoms with E-state index in [0.717, 1.165) is 19.2 Å². The second-order valence-corrected chi connectivity index (χ2v) is 8.24. The second-order valence-electron chi connectivity index (χ2n) is 7.68. The predicted octanol–water partition coefficient (Wildman–Crippen LogP) is 5.01. The first-order chi connectivity index (χ1) is 15.4. The summed E-state index contributed by atoms with van der Waals surface area (Å²) in [6.45, 7) is 2.47. The molecule has 0 bridgehead atoms. The van der Waals surface area contributed by atoms with Gasteiger partial charge < -0.3 is 19.3 Å². The molecule has 1 heterocycles. The number of nitrogens with zero attached hydrogens (tertiary/aromatic N) is 2. The summed E-state index contributed by atoms with van der Waals surface area (Å²) < 4.78 is 92.2. The van der Waals surface area contributed by atoms with Crippen molar-refractivity contribution >= 4 is 27.5 Å². The molecule has 0 aliphatic carbocycles. The number of rotatable bonds is 8. The standard InChI is InChI=1S/C21H27BrF6N2O3/c1-3-5-15-12-16(19(20(23,24)25,21(26,27)28)33-14-32-2)6-7-17(15)29-8-4-9-30(11-10-29)18(31)13-22/h6-7,12H,3-5,8-11,13-14H2,1-2H3. The minimum absolute atomic E-state index is 0.0728. The fraction of sp³-hybridized carbons (Fsp3) is 0.667. The largest absolute Gasteiger partial charge is 0.430 e. The molecule has 1 aromatic rings. The molecule has 0 radical (unpaired) electrons. The van der Waals surface area contributed by atoms with E-state index in [1.807, 2.05) is 4.90 Å². The van der Waals surface area contributed by atoms with Crippen LogP contribution < -0.4 is 4.90 Å². The predicted molar refractivity (Wildman–Crippen MR) is 114 cm³/mol. The van der Waals surface area contributed by atoms with E-state index in [4.69, 9.17) is 0 Å². The topological polar surface area (TPSA) is 42.0 Å². The van der Waals surface area contributed by atoms with Crippen LogP contribution in [0.1, 0.15) is 30.9 Å². The first-order valence-electron chi connectivity index (χ1n) is 10.4. The number of benzene rings is 1. The molecule has 0 N–H and O–H groups in total. The van der Waals surface area contributed by atoms with Crippen molar-refractivity contribution in [1.82, 2.24) is 4.90 Å². The molecule has 0 aromatic heterocycles. The molecule has 0 unspecified atom stereocenters. The van der Waals surface area contributed by atoms with Crippen molar-refractivity contribution in [3.05, 3.63) is 29.3 Å². The first-order valence-corrected chi connectivity index (χ1v) is 11.5. The Kier molecular flexibility index (Phi) is 9.46. The maximum absolute atomic E-state index is 13.9. The fourth-order valence-corrected chi connectivity index (χ4v) is 4.31. The zero-order chi connectivity index (χ0) is 24.9. The lowest BCUT2D eigenvalue weighted by Crippen LogP contribution is -2.56. The number of carbonyl (C=O) groups excluding carboxylic acids is 1. The van der Waals surface area contributed by atoms with Crippen LogP contribution in [0, 0.1) is 0 Å². The van der Waals surface area contributed by atoms with E-state index in [9.17, 15) is 31.1 Å². The molecular weight excluding hydrogens is 522 g/mol. The lowest BCUT2D eigenvalue weighted by Gasteiger charge is -2.38. The molecule has 2 rings (SSSR count). The van der Waals surface area contributed by atoms with Gasteiger partial charge in [0.1, 0.15) is 6.79 Å². The van der Waals surface area contributed by atoms with Crippen molar-refractivity contribution in [1.29, 1.82) is 0 Å². The molecule has 1 aliphatic rings. The average Bonchev–Trinajstić information content (AvgIpc) is 2.98. The summed E-state index contributed by atoms with van der Waals surface area (Å²) in [5.41, 5.74) is -4.65. The molecular formula is C21H27BrF6N2O3. The summed E-state index contributed by atoms with van der Waals surface area (Å²) in [6.07, 6.45) is -10.1.